The van der Waals surface area contributed by atoms with E-state index in [1.54, 1.807) is 12.1 Å². The predicted molar refractivity (Wildman–Crippen MR) is 81.3 cm³/mol. The molecule has 104 valence electrons. The second-order valence-corrected chi connectivity index (χ2v) is 4.85. The van der Waals surface area contributed by atoms with Gasteiger partial charge in [-0.2, -0.15) is 0 Å². The molecule has 0 spiro atoms. The maximum Gasteiger partial charge on any atom is 0.251 e. The minimum atomic E-state index is -0.0850. The number of benzene rings is 2. The lowest BCUT2D eigenvalue weighted by Crippen LogP contribution is -2.23. The Morgan fingerprint density at radius 3 is 2.60 bits per heavy atom. The molecule has 0 saturated carbocycles. The number of amides is 1. The fourth-order valence-electron chi connectivity index (χ4n) is 2.07. The molecule has 0 saturated heterocycles. The maximum atomic E-state index is 12.1. The molecule has 0 aliphatic carbocycles. The van der Waals surface area contributed by atoms with Crippen LogP contribution in [0.5, 0.6) is 0 Å². The van der Waals surface area contributed by atoms with E-state index in [0.29, 0.717) is 12.1 Å². The molecule has 20 heavy (non-hydrogen) atoms. The van der Waals surface area contributed by atoms with Crippen molar-refractivity contribution in [2.75, 3.05) is 5.43 Å². The fourth-order valence-corrected chi connectivity index (χ4v) is 2.07. The highest BCUT2D eigenvalue weighted by atomic mass is 16.1. The number of hydrogen-bond donors (Lipinski definition) is 3. The minimum Gasteiger partial charge on any atom is -0.348 e. The molecule has 4 nitrogen and oxygen atoms in total. The Bertz CT molecular complexity index is 623. The van der Waals surface area contributed by atoms with Crippen LogP contribution in [0.4, 0.5) is 5.69 Å². The topological polar surface area (TPSA) is 67.2 Å². The van der Waals surface area contributed by atoms with Crippen molar-refractivity contribution in [1.82, 2.24) is 5.32 Å². The molecular formula is C16H19N3O. The Balaban J connectivity index is 2.03. The van der Waals surface area contributed by atoms with Crippen molar-refractivity contribution < 1.29 is 4.79 Å². The largest absolute Gasteiger partial charge is 0.348 e. The SMILES string of the molecule is Cc1cccc(CNC(=O)c2ccc(NN)c(C)c2)c1. The summed E-state index contributed by atoms with van der Waals surface area (Å²) >= 11 is 0. The summed E-state index contributed by atoms with van der Waals surface area (Å²) in [5.41, 5.74) is 7.27. The maximum absolute atomic E-state index is 12.1. The van der Waals surface area contributed by atoms with Crippen molar-refractivity contribution in [2.45, 2.75) is 20.4 Å². The van der Waals surface area contributed by atoms with Crippen LogP contribution in [0.3, 0.4) is 0 Å². The first kappa shape index (κ1) is 14.1. The molecule has 0 fully saturated rings. The first-order valence-corrected chi connectivity index (χ1v) is 6.51. The quantitative estimate of drug-likeness (QED) is 0.590. The van der Waals surface area contributed by atoms with Crippen LogP contribution in [0.1, 0.15) is 27.0 Å². The third-order valence-electron chi connectivity index (χ3n) is 3.18. The van der Waals surface area contributed by atoms with Gasteiger partial charge in [-0.3, -0.25) is 10.6 Å². The number of nitrogens with two attached hydrogens (primary N) is 1. The molecule has 0 heterocycles. The molecule has 4 N–H and O–H groups in total. The third kappa shape index (κ3) is 3.36. The molecule has 2 aromatic rings. The molecule has 2 rings (SSSR count). The number of hydrazine groups is 1. The summed E-state index contributed by atoms with van der Waals surface area (Å²) in [5, 5.41) is 2.92. The van der Waals surface area contributed by atoms with Crippen molar-refractivity contribution in [2.24, 2.45) is 5.84 Å². The van der Waals surface area contributed by atoms with Gasteiger partial charge >= 0.3 is 0 Å². The van der Waals surface area contributed by atoms with Gasteiger partial charge in [0.25, 0.3) is 5.91 Å². The van der Waals surface area contributed by atoms with E-state index in [1.165, 1.54) is 5.56 Å². The zero-order valence-corrected chi connectivity index (χ0v) is 11.7. The number of hydrogen-bond acceptors (Lipinski definition) is 3. The van der Waals surface area contributed by atoms with Gasteiger partial charge in [-0.1, -0.05) is 29.8 Å². The number of carbonyl (C=O) groups is 1. The van der Waals surface area contributed by atoms with Crippen LogP contribution in [0, 0.1) is 13.8 Å². The van der Waals surface area contributed by atoms with Crippen LogP contribution in [-0.2, 0) is 6.54 Å². The number of anilines is 1. The normalized spacial score (nSPS) is 10.2. The van der Waals surface area contributed by atoms with Crippen molar-refractivity contribution in [3.05, 3.63) is 64.7 Å². The smallest absolute Gasteiger partial charge is 0.251 e. The summed E-state index contributed by atoms with van der Waals surface area (Å²) < 4.78 is 0. The summed E-state index contributed by atoms with van der Waals surface area (Å²) in [6.07, 6.45) is 0. The summed E-state index contributed by atoms with van der Waals surface area (Å²) in [4.78, 5) is 12.1. The summed E-state index contributed by atoms with van der Waals surface area (Å²) in [5.74, 6) is 5.29. The van der Waals surface area contributed by atoms with Crippen LogP contribution < -0.4 is 16.6 Å². The average molecular weight is 269 g/mol. The molecular weight excluding hydrogens is 250 g/mol. The third-order valence-corrected chi connectivity index (χ3v) is 3.18. The minimum absolute atomic E-state index is 0.0850. The Morgan fingerprint density at radius 2 is 1.95 bits per heavy atom. The van der Waals surface area contributed by atoms with E-state index >= 15 is 0 Å². The summed E-state index contributed by atoms with van der Waals surface area (Å²) in [6.45, 7) is 4.47. The monoisotopic (exact) mass is 269 g/mol. The zero-order valence-electron chi connectivity index (χ0n) is 11.7. The summed E-state index contributed by atoms with van der Waals surface area (Å²) in [6, 6.07) is 13.5. The highest BCUT2D eigenvalue weighted by Crippen LogP contribution is 2.15. The lowest BCUT2D eigenvalue weighted by atomic mass is 10.1. The van der Waals surface area contributed by atoms with Gasteiger partial charge in [0.15, 0.2) is 0 Å². The van der Waals surface area contributed by atoms with E-state index in [0.717, 1.165) is 16.8 Å². The number of nitrogens with one attached hydrogen (secondary N) is 2. The molecule has 0 unspecified atom stereocenters. The Morgan fingerprint density at radius 1 is 1.15 bits per heavy atom. The molecule has 2 aromatic carbocycles. The molecule has 0 atom stereocenters. The molecule has 4 heteroatoms. The molecule has 0 aromatic heterocycles. The molecule has 1 amide bonds. The van der Waals surface area contributed by atoms with Crippen LogP contribution in [0.2, 0.25) is 0 Å². The number of nitrogen functional groups attached to an aromatic ring is 1. The fraction of sp³-hybridized carbons (Fsp3) is 0.188. The summed E-state index contributed by atoms with van der Waals surface area (Å²) in [7, 11) is 0. The Hall–Kier alpha value is -2.33. The number of rotatable bonds is 4. The average Bonchev–Trinajstić information content (AvgIpc) is 2.44. The van der Waals surface area contributed by atoms with E-state index in [9.17, 15) is 4.79 Å². The van der Waals surface area contributed by atoms with Crippen LogP contribution in [-0.4, -0.2) is 5.91 Å². The Kier molecular flexibility index (Phi) is 4.38. The van der Waals surface area contributed by atoms with E-state index in [2.05, 4.69) is 16.8 Å². The van der Waals surface area contributed by atoms with Crippen molar-refractivity contribution in [3.8, 4) is 0 Å². The van der Waals surface area contributed by atoms with Gasteiger partial charge in [-0.25, -0.2) is 0 Å². The van der Waals surface area contributed by atoms with Crippen LogP contribution in [0.25, 0.3) is 0 Å². The highest BCUT2D eigenvalue weighted by molar-refractivity contribution is 5.94. The Labute approximate surface area is 119 Å². The molecule has 0 radical (unpaired) electrons. The van der Waals surface area contributed by atoms with E-state index in [4.69, 9.17) is 5.84 Å². The van der Waals surface area contributed by atoms with Gasteiger partial charge < -0.3 is 10.7 Å². The number of aryl methyl sites for hydroxylation is 2. The van der Waals surface area contributed by atoms with Crippen molar-refractivity contribution in [1.29, 1.82) is 0 Å². The molecule has 0 bridgehead atoms. The second-order valence-electron chi connectivity index (χ2n) is 4.85. The van der Waals surface area contributed by atoms with Crippen molar-refractivity contribution >= 4 is 11.6 Å². The standard InChI is InChI=1S/C16H19N3O/c1-11-4-3-5-13(8-11)10-18-16(20)14-6-7-15(19-17)12(2)9-14/h3-9,19H,10,17H2,1-2H3,(H,18,20). The van der Waals surface area contributed by atoms with Crippen molar-refractivity contribution in [3.63, 3.8) is 0 Å². The molecule has 0 aliphatic rings. The first-order chi connectivity index (χ1) is 9.60. The lowest BCUT2D eigenvalue weighted by molar-refractivity contribution is 0.0951. The zero-order chi connectivity index (χ0) is 14.5. The van der Waals surface area contributed by atoms with Crippen LogP contribution in [0.15, 0.2) is 42.5 Å². The second kappa shape index (κ2) is 6.21. The van der Waals surface area contributed by atoms with E-state index in [1.807, 2.05) is 38.1 Å². The van der Waals surface area contributed by atoms with E-state index < -0.39 is 0 Å². The first-order valence-electron chi connectivity index (χ1n) is 6.51. The molecule has 0 aliphatic heterocycles. The van der Waals surface area contributed by atoms with Gasteiger partial charge in [0.05, 0.1) is 5.69 Å². The van der Waals surface area contributed by atoms with Gasteiger partial charge in [-0.05, 0) is 43.2 Å². The predicted octanol–water partition coefficient (Wildman–Crippen LogP) is 2.52. The number of carbonyl (C=O) groups excluding carboxylic acids is 1. The van der Waals surface area contributed by atoms with Crippen LogP contribution >= 0.6 is 0 Å². The highest BCUT2D eigenvalue weighted by Gasteiger charge is 2.07. The van der Waals surface area contributed by atoms with Gasteiger partial charge in [-0.15, -0.1) is 0 Å². The van der Waals surface area contributed by atoms with Gasteiger partial charge in [0.1, 0.15) is 0 Å². The van der Waals surface area contributed by atoms with Gasteiger partial charge in [0, 0.05) is 12.1 Å². The van der Waals surface area contributed by atoms with E-state index in [-0.39, 0.29) is 5.91 Å². The van der Waals surface area contributed by atoms with Gasteiger partial charge in [0.2, 0.25) is 0 Å². The lowest BCUT2D eigenvalue weighted by Gasteiger charge is -2.09.